The molecule has 2 nitrogen and oxygen atoms in total. The van der Waals surface area contributed by atoms with Crippen LogP contribution in [0.4, 0.5) is 0 Å². The van der Waals surface area contributed by atoms with Crippen LogP contribution in [0.25, 0.3) is 0 Å². The van der Waals surface area contributed by atoms with E-state index in [-0.39, 0.29) is 0 Å². The molecule has 0 spiro atoms. The van der Waals surface area contributed by atoms with Crippen molar-refractivity contribution in [2.75, 3.05) is 0 Å². The normalized spacial score (nSPS) is 25.8. The Morgan fingerprint density at radius 3 is 2.41 bits per heavy atom. The second-order valence-corrected chi connectivity index (χ2v) is 4.96. The maximum atomic E-state index is 6.04. The van der Waals surface area contributed by atoms with E-state index in [1.165, 1.54) is 32.1 Å². The quantitative estimate of drug-likeness (QED) is 0.627. The molecule has 0 amide bonds. The summed E-state index contributed by atoms with van der Waals surface area (Å²) in [5.74, 6) is 1.62. The van der Waals surface area contributed by atoms with E-state index in [1.807, 2.05) is 30.3 Å². The lowest BCUT2D eigenvalue weighted by Crippen LogP contribution is -2.22. The summed E-state index contributed by atoms with van der Waals surface area (Å²) in [7, 11) is 0. The fraction of sp³-hybridized carbons (Fsp3) is 0.533. The minimum absolute atomic E-state index is 0.443. The molecular formula is C15H22N2. The molecule has 0 saturated heterocycles. The summed E-state index contributed by atoms with van der Waals surface area (Å²) in [5, 5.41) is 0. The lowest BCUT2D eigenvalue weighted by atomic mass is 9.85. The highest BCUT2D eigenvalue weighted by atomic mass is 14.9. The molecule has 0 aromatic heterocycles. The second-order valence-electron chi connectivity index (χ2n) is 4.96. The largest absolute Gasteiger partial charge is 0.383 e. The van der Waals surface area contributed by atoms with Crippen LogP contribution in [0.1, 0.15) is 44.6 Å². The van der Waals surface area contributed by atoms with Gasteiger partial charge in [0.1, 0.15) is 5.84 Å². The van der Waals surface area contributed by atoms with Crippen LogP contribution in [0.3, 0.4) is 0 Å². The van der Waals surface area contributed by atoms with E-state index in [0.29, 0.717) is 11.9 Å². The van der Waals surface area contributed by atoms with Crippen LogP contribution in [-0.2, 0) is 0 Å². The predicted octanol–water partition coefficient (Wildman–Crippen LogP) is 3.36. The molecule has 17 heavy (non-hydrogen) atoms. The van der Waals surface area contributed by atoms with Gasteiger partial charge in [-0.2, -0.15) is 0 Å². The summed E-state index contributed by atoms with van der Waals surface area (Å²) in [6.45, 7) is 2.28. The molecule has 2 heteroatoms. The predicted molar refractivity (Wildman–Crippen MR) is 73.2 cm³/mol. The van der Waals surface area contributed by atoms with Gasteiger partial charge in [0.25, 0.3) is 0 Å². The van der Waals surface area contributed by atoms with Gasteiger partial charge in [-0.05, 0) is 31.6 Å². The molecule has 0 aliphatic heterocycles. The zero-order valence-electron chi connectivity index (χ0n) is 10.6. The third kappa shape index (κ3) is 3.32. The third-order valence-electron chi connectivity index (χ3n) is 3.78. The van der Waals surface area contributed by atoms with E-state index in [0.717, 1.165) is 11.5 Å². The fourth-order valence-electron chi connectivity index (χ4n) is 2.56. The van der Waals surface area contributed by atoms with Crippen molar-refractivity contribution in [1.82, 2.24) is 0 Å². The Morgan fingerprint density at radius 2 is 1.82 bits per heavy atom. The zero-order chi connectivity index (χ0) is 12.1. The molecule has 0 heterocycles. The van der Waals surface area contributed by atoms with E-state index >= 15 is 0 Å². The first-order valence-corrected chi connectivity index (χ1v) is 6.68. The number of benzene rings is 1. The Balaban J connectivity index is 1.96. The molecule has 2 rings (SSSR count). The Kier molecular flexibility index (Phi) is 4.18. The van der Waals surface area contributed by atoms with Gasteiger partial charge >= 0.3 is 0 Å². The SMILES string of the molecule is CCC1CCC(N=C(N)c2ccccc2)CC1. The van der Waals surface area contributed by atoms with Crippen molar-refractivity contribution in [2.24, 2.45) is 16.6 Å². The van der Waals surface area contributed by atoms with Crippen LogP contribution in [0.5, 0.6) is 0 Å². The summed E-state index contributed by atoms with van der Waals surface area (Å²) in [4.78, 5) is 4.67. The number of nitrogens with two attached hydrogens (primary N) is 1. The fourth-order valence-corrected chi connectivity index (χ4v) is 2.56. The number of rotatable bonds is 3. The molecule has 1 saturated carbocycles. The average Bonchev–Trinajstić information content (AvgIpc) is 2.40. The maximum absolute atomic E-state index is 6.04. The van der Waals surface area contributed by atoms with E-state index in [4.69, 9.17) is 5.73 Å². The summed E-state index contributed by atoms with van der Waals surface area (Å²) in [6.07, 6.45) is 6.34. The van der Waals surface area contributed by atoms with Crippen LogP contribution in [0, 0.1) is 5.92 Å². The monoisotopic (exact) mass is 230 g/mol. The van der Waals surface area contributed by atoms with Gasteiger partial charge in [0.05, 0.1) is 6.04 Å². The van der Waals surface area contributed by atoms with Gasteiger partial charge in [0.15, 0.2) is 0 Å². The standard InChI is InChI=1S/C15H22N2/c1-2-12-8-10-14(11-9-12)17-15(16)13-6-4-3-5-7-13/h3-7,12,14H,2,8-11H2,1H3,(H2,16,17). The number of amidine groups is 1. The zero-order valence-corrected chi connectivity index (χ0v) is 10.6. The summed E-state index contributed by atoms with van der Waals surface area (Å²) < 4.78 is 0. The molecule has 0 unspecified atom stereocenters. The Morgan fingerprint density at radius 1 is 1.18 bits per heavy atom. The Bertz CT molecular complexity index is 362. The molecule has 1 aliphatic rings. The number of nitrogens with zero attached hydrogens (tertiary/aromatic N) is 1. The van der Waals surface area contributed by atoms with Crippen molar-refractivity contribution in [3.63, 3.8) is 0 Å². The summed E-state index contributed by atoms with van der Waals surface area (Å²) in [5.41, 5.74) is 7.09. The Hall–Kier alpha value is -1.31. The first kappa shape index (κ1) is 12.2. The first-order chi connectivity index (χ1) is 8.29. The van der Waals surface area contributed by atoms with Crippen LogP contribution >= 0.6 is 0 Å². The smallest absolute Gasteiger partial charge is 0.125 e. The van der Waals surface area contributed by atoms with Crippen LogP contribution in [0.15, 0.2) is 35.3 Å². The molecule has 1 fully saturated rings. The van der Waals surface area contributed by atoms with Gasteiger partial charge in [0, 0.05) is 5.56 Å². The minimum Gasteiger partial charge on any atom is -0.383 e. The van der Waals surface area contributed by atoms with Crippen molar-refractivity contribution in [3.05, 3.63) is 35.9 Å². The molecule has 0 atom stereocenters. The van der Waals surface area contributed by atoms with E-state index in [2.05, 4.69) is 11.9 Å². The van der Waals surface area contributed by atoms with Gasteiger partial charge in [-0.15, -0.1) is 0 Å². The van der Waals surface area contributed by atoms with Crippen LogP contribution in [-0.4, -0.2) is 11.9 Å². The van der Waals surface area contributed by atoms with Crippen molar-refractivity contribution in [1.29, 1.82) is 0 Å². The highest BCUT2D eigenvalue weighted by Gasteiger charge is 2.19. The lowest BCUT2D eigenvalue weighted by Gasteiger charge is -2.25. The van der Waals surface area contributed by atoms with E-state index in [9.17, 15) is 0 Å². The minimum atomic E-state index is 0.443. The van der Waals surface area contributed by atoms with Gasteiger partial charge in [-0.3, -0.25) is 4.99 Å². The van der Waals surface area contributed by atoms with Gasteiger partial charge in [0.2, 0.25) is 0 Å². The highest BCUT2D eigenvalue weighted by molar-refractivity contribution is 5.97. The summed E-state index contributed by atoms with van der Waals surface area (Å²) >= 11 is 0. The maximum Gasteiger partial charge on any atom is 0.125 e. The van der Waals surface area contributed by atoms with Crippen molar-refractivity contribution in [2.45, 2.75) is 45.1 Å². The summed E-state index contributed by atoms with van der Waals surface area (Å²) in [6, 6.07) is 10.5. The Labute approximate surface area is 104 Å². The molecule has 92 valence electrons. The molecule has 1 aromatic carbocycles. The van der Waals surface area contributed by atoms with E-state index in [1.54, 1.807) is 0 Å². The topological polar surface area (TPSA) is 38.4 Å². The highest BCUT2D eigenvalue weighted by Crippen LogP contribution is 2.28. The lowest BCUT2D eigenvalue weighted by molar-refractivity contribution is 0.320. The molecular weight excluding hydrogens is 208 g/mol. The van der Waals surface area contributed by atoms with Gasteiger partial charge in [-0.1, -0.05) is 43.7 Å². The number of hydrogen-bond donors (Lipinski definition) is 1. The van der Waals surface area contributed by atoms with Crippen LogP contribution < -0.4 is 5.73 Å². The van der Waals surface area contributed by atoms with E-state index < -0.39 is 0 Å². The molecule has 1 aromatic rings. The van der Waals surface area contributed by atoms with Crippen molar-refractivity contribution in [3.8, 4) is 0 Å². The second kappa shape index (κ2) is 5.85. The average molecular weight is 230 g/mol. The number of aliphatic imine (C=N–C) groups is 1. The molecule has 1 aliphatic carbocycles. The van der Waals surface area contributed by atoms with Crippen LogP contribution in [0.2, 0.25) is 0 Å². The molecule has 0 radical (unpaired) electrons. The van der Waals surface area contributed by atoms with Crippen molar-refractivity contribution >= 4 is 5.84 Å². The number of hydrogen-bond acceptors (Lipinski definition) is 1. The first-order valence-electron chi connectivity index (χ1n) is 6.68. The van der Waals surface area contributed by atoms with Gasteiger partial charge in [-0.25, -0.2) is 0 Å². The van der Waals surface area contributed by atoms with Gasteiger partial charge < -0.3 is 5.73 Å². The van der Waals surface area contributed by atoms with Crippen molar-refractivity contribution < 1.29 is 0 Å². The molecule has 2 N–H and O–H groups in total. The molecule has 0 bridgehead atoms. The third-order valence-corrected chi connectivity index (χ3v) is 3.78.